The van der Waals surface area contributed by atoms with Gasteiger partial charge in [-0.1, -0.05) is 19.1 Å². The Morgan fingerprint density at radius 1 is 1.29 bits per heavy atom. The first-order valence-corrected chi connectivity index (χ1v) is 8.36. The Bertz CT molecular complexity index is 574. The highest BCUT2D eigenvalue weighted by molar-refractivity contribution is 5.97. The van der Waals surface area contributed by atoms with Crippen LogP contribution in [0.1, 0.15) is 30.6 Å². The van der Waals surface area contributed by atoms with Crippen molar-refractivity contribution in [2.24, 2.45) is 11.8 Å². The zero-order chi connectivity index (χ0) is 17.5. The van der Waals surface area contributed by atoms with Crippen molar-refractivity contribution in [3.05, 3.63) is 29.8 Å². The van der Waals surface area contributed by atoms with E-state index < -0.39 is 5.97 Å². The second-order valence-corrected chi connectivity index (χ2v) is 6.00. The molecule has 1 aromatic rings. The Balaban J connectivity index is 2.03. The Kier molecular flexibility index (Phi) is 6.61. The second kappa shape index (κ2) is 8.68. The maximum absolute atomic E-state index is 12.8. The van der Waals surface area contributed by atoms with E-state index in [9.17, 15) is 14.7 Å². The van der Waals surface area contributed by atoms with Gasteiger partial charge in [0.05, 0.1) is 18.1 Å². The van der Waals surface area contributed by atoms with Crippen LogP contribution in [0.3, 0.4) is 0 Å². The van der Waals surface area contributed by atoms with Gasteiger partial charge in [0.2, 0.25) is 0 Å². The molecule has 6 nitrogen and oxygen atoms in total. The van der Waals surface area contributed by atoms with Gasteiger partial charge in [-0.25, -0.2) is 0 Å². The van der Waals surface area contributed by atoms with Crippen LogP contribution in [0.25, 0.3) is 0 Å². The molecule has 0 aliphatic carbocycles. The van der Waals surface area contributed by atoms with E-state index >= 15 is 0 Å². The van der Waals surface area contributed by atoms with Gasteiger partial charge < -0.3 is 19.5 Å². The second-order valence-electron chi connectivity index (χ2n) is 6.00. The molecular formula is C18H25NO5. The number of nitrogens with zero attached hydrogens (tertiary/aromatic N) is 1. The molecule has 0 radical (unpaired) electrons. The quantitative estimate of drug-likeness (QED) is 0.774. The summed E-state index contributed by atoms with van der Waals surface area (Å²) in [5, 5.41) is 9.20. The number of aliphatic carboxylic acids is 1. The summed E-state index contributed by atoms with van der Waals surface area (Å²) in [5.41, 5.74) is 0.509. The summed E-state index contributed by atoms with van der Waals surface area (Å²) in [5.74, 6) is -0.805. The number of carbonyl (C=O) groups is 2. The van der Waals surface area contributed by atoms with E-state index in [1.165, 1.54) is 0 Å². The van der Waals surface area contributed by atoms with Gasteiger partial charge in [0, 0.05) is 19.7 Å². The van der Waals surface area contributed by atoms with Gasteiger partial charge in [0.25, 0.3) is 5.91 Å². The smallest absolute Gasteiger partial charge is 0.306 e. The summed E-state index contributed by atoms with van der Waals surface area (Å²) < 4.78 is 10.9. The third kappa shape index (κ3) is 4.47. The van der Waals surface area contributed by atoms with Crippen LogP contribution in [0.4, 0.5) is 0 Å². The zero-order valence-corrected chi connectivity index (χ0v) is 14.2. The summed E-state index contributed by atoms with van der Waals surface area (Å²) >= 11 is 0. The number of benzene rings is 1. The van der Waals surface area contributed by atoms with Crippen molar-refractivity contribution in [3.63, 3.8) is 0 Å². The SMILES string of the molecule is CCOCCOc1ccccc1C(=O)N1CCC(C(=O)O)C(C)C1. The number of piperidine rings is 1. The fourth-order valence-corrected chi connectivity index (χ4v) is 2.99. The van der Waals surface area contributed by atoms with Crippen molar-refractivity contribution >= 4 is 11.9 Å². The van der Waals surface area contributed by atoms with Gasteiger partial charge in [0.1, 0.15) is 12.4 Å². The third-order valence-corrected chi connectivity index (χ3v) is 4.32. The number of likely N-dealkylation sites (tertiary alicyclic amines) is 1. The summed E-state index contributed by atoms with van der Waals surface area (Å²) in [4.78, 5) is 25.7. The van der Waals surface area contributed by atoms with E-state index in [4.69, 9.17) is 9.47 Å². The van der Waals surface area contributed by atoms with Gasteiger partial charge in [0.15, 0.2) is 0 Å². The van der Waals surface area contributed by atoms with Crippen molar-refractivity contribution in [1.82, 2.24) is 4.90 Å². The number of rotatable bonds is 7. The Labute approximate surface area is 142 Å². The number of ether oxygens (including phenoxy) is 2. The average molecular weight is 335 g/mol. The zero-order valence-electron chi connectivity index (χ0n) is 14.2. The lowest BCUT2D eigenvalue weighted by atomic mass is 9.87. The Morgan fingerprint density at radius 2 is 2.04 bits per heavy atom. The fraction of sp³-hybridized carbons (Fsp3) is 0.556. The summed E-state index contributed by atoms with van der Waals surface area (Å²) in [7, 11) is 0. The van der Waals surface area contributed by atoms with Crippen LogP contribution in [-0.2, 0) is 9.53 Å². The third-order valence-electron chi connectivity index (χ3n) is 4.32. The molecule has 0 bridgehead atoms. The van der Waals surface area contributed by atoms with Gasteiger partial charge in [-0.05, 0) is 31.4 Å². The largest absolute Gasteiger partial charge is 0.490 e. The first-order valence-electron chi connectivity index (χ1n) is 8.36. The van der Waals surface area contributed by atoms with Crippen LogP contribution < -0.4 is 4.74 Å². The molecule has 24 heavy (non-hydrogen) atoms. The maximum atomic E-state index is 12.8. The molecule has 0 saturated carbocycles. The number of carboxylic acid groups (broad SMARTS) is 1. The van der Waals surface area contributed by atoms with Gasteiger partial charge >= 0.3 is 5.97 Å². The lowest BCUT2D eigenvalue weighted by Gasteiger charge is -2.35. The minimum absolute atomic E-state index is 0.0637. The predicted molar refractivity (Wildman–Crippen MR) is 89.2 cm³/mol. The van der Waals surface area contributed by atoms with E-state index in [0.29, 0.717) is 50.6 Å². The molecule has 6 heteroatoms. The first-order chi connectivity index (χ1) is 11.5. The molecule has 1 heterocycles. The first kappa shape index (κ1) is 18.3. The van der Waals surface area contributed by atoms with E-state index in [2.05, 4.69) is 0 Å². The molecule has 2 atom stereocenters. The Morgan fingerprint density at radius 3 is 2.71 bits per heavy atom. The molecule has 1 saturated heterocycles. The van der Waals surface area contributed by atoms with Crippen LogP contribution in [0.5, 0.6) is 5.75 Å². The van der Waals surface area contributed by atoms with Gasteiger partial charge in [-0.2, -0.15) is 0 Å². The minimum Gasteiger partial charge on any atom is -0.490 e. The molecule has 1 N–H and O–H groups in total. The molecule has 1 aliphatic rings. The van der Waals surface area contributed by atoms with Crippen molar-refractivity contribution in [3.8, 4) is 5.75 Å². The highest BCUT2D eigenvalue weighted by Crippen LogP contribution is 2.27. The lowest BCUT2D eigenvalue weighted by molar-refractivity contribution is -0.145. The average Bonchev–Trinajstić information content (AvgIpc) is 2.58. The van der Waals surface area contributed by atoms with Crippen molar-refractivity contribution in [1.29, 1.82) is 0 Å². The van der Waals surface area contributed by atoms with Crippen LogP contribution in [-0.4, -0.2) is 54.8 Å². The number of carbonyl (C=O) groups excluding carboxylic acids is 1. The molecule has 0 spiro atoms. The summed E-state index contributed by atoms with van der Waals surface area (Å²) in [6, 6.07) is 7.14. The van der Waals surface area contributed by atoms with Crippen LogP contribution in [0.15, 0.2) is 24.3 Å². The lowest BCUT2D eigenvalue weighted by Crippen LogP contribution is -2.45. The maximum Gasteiger partial charge on any atom is 0.306 e. The monoisotopic (exact) mass is 335 g/mol. The molecule has 132 valence electrons. The van der Waals surface area contributed by atoms with E-state index in [1.807, 2.05) is 19.9 Å². The number of amides is 1. The summed E-state index contributed by atoms with van der Waals surface area (Å²) in [6.07, 6.45) is 0.482. The van der Waals surface area contributed by atoms with Crippen molar-refractivity contribution in [2.45, 2.75) is 20.3 Å². The van der Waals surface area contributed by atoms with E-state index in [-0.39, 0.29) is 17.7 Å². The molecule has 2 rings (SSSR count). The highest BCUT2D eigenvalue weighted by Gasteiger charge is 2.33. The van der Waals surface area contributed by atoms with Crippen LogP contribution in [0.2, 0.25) is 0 Å². The van der Waals surface area contributed by atoms with E-state index in [1.54, 1.807) is 23.1 Å². The topological polar surface area (TPSA) is 76.1 Å². The molecule has 1 amide bonds. The summed E-state index contributed by atoms with van der Waals surface area (Å²) in [6.45, 7) is 6.18. The fourth-order valence-electron chi connectivity index (χ4n) is 2.99. The van der Waals surface area contributed by atoms with Gasteiger partial charge in [-0.3, -0.25) is 9.59 Å². The van der Waals surface area contributed by atoms with Gasteiger partial charge in [-0.15, -0.1) is 0 Å². The standard InChI is InChI=1S/C18H25NO5/c1-3-23-10-11-24-16-7-5-4-6-15(16)17(20)19-9-8-14(18(21)22)13(2)12-19/h4-7,13-14H,3,8-12H2,1-2H3,(H,21,22). The predicted octanol–water partition coefficient (Wildman–Crippen LogP) is 2.28. The Hall–Kier alpha value is -2.08. The molecule has 2 unspecified atom stereocenters. The van der Waals surface area contributed by atoms with Crippen LogP contribution >= 0.6 is 0 Å². The van der Waals surface area contributed by atoms with Crippen molar-refractivity contribution < 1.29 is 24.2 Å². The molecular weight excluding hydrogens is 310 g/mol. The number of para-hydroxylation sites is 1. The molecule has 0 aromatic heterocycles. The van der Waals surface area contributed by atoms with Crippen molar-refractivity contribution in [2.75, 3.05) is 32.9 Å². The number of hydrogen-bond donors (Lipinski definition) is 1. The normalized spacial score (nSPS) is 20.7. The molecule has 1 aliphatic heterocycles. The molecule has 1 aromatic carbocycles. The van der Waals surface area contributed by atoms with Crippen LogP contribution in [0, 0.1) is 11.8 Å². The minimum atomic E-state index is -0.783. The van der Waals surface area contributed by atoms with E-state index in [0.717, 1.165) is 0 Å². The number of carboxylic acids is 1. The molecule has 1 fully saturated rings. The number of hydrogen-bond acceptors (Lipinski definition) is 4. The highest BCUT2D eigenvalue weighted by atomic mass is 16.5.